The topological polar surface area (TPSA) is 82.3 Å². The second-order valence-electron chi connectivity index (χ2n) is 4.28. The molecule has 2 rings (SSSR count). The summed E-state index contributed by atoms with van der Waals surface area (Å²) >= 11 is 0. The minimum absolute atomic E-state index is 0.255. The van der Waals surface area contributed by atoms with Gasteiger partial charge >= 0.3 is 0 Å². The van der Waals surface area contributed by atoms with Crippen LogP contribution in [0.4, 0.5) is 11.8 Å². The van der Waals surface area contributed by atoms with Crippen molar-refractivity contribution in [2.75, 3.05) is 25.3 Å². The second-order valence-corrected chi connectivity index (χ2v) is 4.28. The minimum Gasteiger partial charge on any atom is -0.497 e. The first-order chi connectivity index (χ1) is 9.62. The third-order valence-corrected chi connectivity index (χ3v) is 2.82. The number of aromatic nitrogens is 2. The van der Waals surface area contributed by atoms with Crippen LogP contribution >= 0.6 is 0 Å². The Hall–Kier alpha value is -2.50. The Balaban J connectivity index is 2.17. The third-order valence-electron chi connectivity index (χ3n) is 2.82. The number of nitrogens with zero attached hydrogens (tertiary/aromatic N) is 2. The zero-order valence-electron chi connectivity index (χ0n) is 11.8. The van der Waals surface area contributed by atoms with Crippen LogP contribution in [0.25, 0.3) is 0 Å². The number of nitrogens with two attached hydrogens (primary N) is 1. The number of methoxy groups -OCH3 is 2. The molecule has 0 aliphatic carbocycles. The first-order valence-corrected chi connectivity index (χ1v) is 6.18. The van der Waals surface area contributed by atoms with Crippen molar-refractivity contribution in [1.29, 1.82) is 0 Å². The fourth-order valence-electron chi connectivity index (χ4n) is 1.89. The lowest BCUT2D eigenvalue weighted by molar-refractivity contribution is 0.399. The van der Waals surface area contributed by atoms with Gasteiger partial charge in [-0.1, -0.05) is 0 Å². The van der Waals surface area contributed by atoms with E-state index in [0.29, 0.717) is 12.4 Å². The monoisotopic (exact) mass is 274 g/mol. The van der Waals surface area contributed by atoms with Gasteiger partial charge in [-0.25, -0.2) is 4.98 Å². The molecule has 0 aliphatic rings. The number of benzene rings is 1. The molecule has 2 aromatic rings. The number of hydrogen-bond donors (Lipinski definition) is 2. The average molecular weight is 274 g/mol. The van der Waals surface area contributed by atoms with Crippen LogP contribution in [-0.4, -0.2) is 24.2 Å². The molecule has 0 atom stereocenters. The van der Waals surface area contributed by atoms with E-state index >= 15 is 0 Å². The maximum atomic E-state index is 5.62. The molecule has 1 heterocycles. The predicted molar refractivity (Wildman–Crippen MR) is 78.1 cm³/mol. The molecule has 0 spiro atoms. The Labute approximate surface area is 118 Å². The maximum absolute atomic E-state index is 5.62. The van der Waals surface area contributed by atoms with E-state index in [1.807, 2.05) is 31.2 Å². The summed E-state index contributed by atoms with van der Waals surface area (Å²) in [5, 5.41) is 3.20. The quantitative estimate of drug-likeness (QED) is 0.867. The molecule has 0 bridgehead atoms. The van der Waals surface area contributed by atoms with Crippen LogP contribution in [0.15, 0.2) is 24.3 Å². The molecule has 6 heteroatoms. The van der Waals surface area contributed by atoms with Crippen molar-refractivity contribution in [2.45, 2.75) is 13.5 Å². The van der Waals surface area contributed by atoms with Gasteiger partial charge in [-0.2, -0.15) is 4.98 Å². The number of aryl methyl sites for hydroxylation is 1. The fraction of sp³-hybridized carbons (Fsp3) is 0.286. The third kappa shape index (κ3) is 3.28. The van der Waals surface area contributed by atoms with Crippen molar-refractivity contribution in [2.24, 2.45) is 0 Å². The Bertz CT molecular complexity index is 581. The Morgan fingerprint density at radius 1 is 1.15 bits per heavy atom. The van der Waals surface area contributed by atoms with Gasteiger partial charge in [-0.15, -0.1) is 0 Å². The van der Waals surface area contributed by atoms with E-state index in [2.05, 4.69) is 15.3 Å². The van der Waals surface area contributed by atoms with Crippen molar-refractivity contribution < 1.29 is 9.47 Å². The highest BCUT2D eigenvalue weighted by Gasteiger charge is 2.06. The molecule has 0 aliphatic heterocycles. The number of nitrogen functional groups attached to an aromatic ring is 1. The van der Waals surface area contributed by atoms with E-state index in [1.165, 1.54) is 0 Å². The lowest BCUT2D eigenvalue weighted by Crippen LogP contribution is -2.06. The van der Waals surface area contributed by atoms with Gasteiger partial charge in [0.05, 0.1) is 14.2 Å². The molecule has 1 aromatic heterocycles. The molecule has 0 unspecified atom stereocenters. The van der Waals surface area contributed by atoms with E-state index in [4.69, 9.17) is 15.2 Å². The van der Waals surface area contributed by atoms with Gasteiger partial charge in [0.2, 0.25) is 5.95 Å². The van der Waals surface area contributed by atoms with Gasteiger partial charge in [0.25, 0.3) is 0 Å². The van der Waals surface area contributed by atoms with E-state index in [-0.39, 0.29) is 5.95 Å². The van der Waals surface area contributed by atoms with Gasteiger partial charge in [0.1, 0.15) is 17.3 Å². The van der Waals surface area contributed by atoms with Crippen LogP contribution in [0, 0.1) is 6.92 Å². The van der Waals surface area contributed by atoms with Gasteiger partial charge in [0, 0.05) is 23.9 Å². The van der Waals surface area contributed by atoms with E-state index < -0.39 is 0 Å². The van der Waals surface area contributed by atoms with E-state index in [1.54, 1.807) is 14.2 Å². The smallest absolute Gasteiger partial charge is 0.222 e. The second kappa shape index (κ2) is 6.10. The molecule has 0 saturated heterocycles. The van der Waals surface area contributed by atoms with Gasteiger partial charge < -0.3 is 20.5 Å². The number of anilines is 2. The SMILES string of the molecule is COc1ccc(OC)c(CNc2cc(C)nc(N)n2)c1. The van der Waals surface area contributed by atoms with E-state index in [9.17, 15) is 0 Å². The van der Waals surface area contributed by atoms with Crippen LogP contribution in [0.1, 0.15) is 11.3 Å². The largest absolute Gasteiger partial charge is 0.497 e. The number of rotatable bonds is 5. The normalized spacial score (nSPS) is 10.2. The molecular formula is C14H18N4O2. The minimum atomic E-state index is 0.255. The summed E-state index contributed by atoms with van der Waals surface area (Å²) < 4.78 is 10.5. The summed E-state index contributed by atoms with van der Waals surface area (Å²) in [5.41, 5.74) is 7.41. The van der Waals surface area contributed by atoms with E-state index in [0.717, 1.165) is 22.8 Å². The molecule has 0 saturated carbocycles. The van der Waals surface area contributed by atoms with Crippen molar-refractivity contribution in [3.63, 3.8) is 0 Å². The predicted octanol–water partition coefficient (Wildman–Crippen LogP) is 2.00. The fourth-order valence-corrected chi connectivity index (χ4v) is 1.89. The summed E-state index contributed by atoms with van der Waals surface area (Å²) in [5.74, 6) is 2.50. The highest BCUT2D eigenvalue weighted by atomic mass is 16.5. The van der Waals surface area contributed by atoms with Gasteiger partial charge in [0.15, 0.2) is 0 Å². The zero-order chi connectivity index (χ0) is 14.5. The molecule has 3 N–H and O–H groups in total. The zero-order valence-corrected chi connectivity index (χ0v) is 11.8. The molecule has 0 amide bonds. The standard InChI is InChI=1S/C14H18N4O2/c1-9-6-13(18-14(15)17-9)16-8-10-7-11(19-2)4-5-12(10)20-3/h4-7H,8H2,1-3H3,(H3,15,16,17,18). The molecule has 6 nitrogen and oxygen atoms in total. The molecule has 0 fully saturated rings. The summed E-state index contributed by atoms with van der Waals surface area (Å²) in [7, 11) is 3.27. The first-order valence-electron chi connectivity index (χ1n) is 6.18. The van der Waals surface area contributed by atoms with Gasteiger partial charge in [-0.05, 0) is 25.1 Å². The van der Waals surface area contributed by atoms with Crippen molar-refractivity contribution in [3.8, 4) is 11.5 Å². The highest BCUT2D eigenvalue weighted by Crippen LogP contribution is 2.24. The van der Waals surface area contributed by atoms with Crippen LogP contribution in [-0.2, 0) is 6.54 Å². The number of hydrogen-bond acceptors (Lipinski definition) is 6. The van der Waals surface area contributed by atoms with Crippen LogP contribution in [0.5, 0.6) is 11.5 Å². The Kier molecular flexibility index (Phi) is 4.24. The molecule has 1 aromatic carbocycles. The van der Waals surface area contributed by atoms with Crippen LogP contribution < -0.4 is 20.5 Å². The average Bonchev–Trinajstić information content (AvgIpc) is 2.43. The highest BCUT2D eigenvalue weighted by molar-refractivity contribution is 5.45. The lowest BCUT2D eigenvalue weighted by atomic mass is 10.2. The summed E-state index contributed by atoms with van der Waals surface area (Å²) in [6, 6.07) is 7.48. The number of nitrogens with one attached hydrogen (secondary N) is 1. The Morgan fingerprint density at radius 2 is 1.95 bits per heavy atom. The summed E-state index contributed by atoms with van der Waals surface area (Å²) in [6.45, 7) is 2.42. The van der Waals surface area contributed by atoms with Gasteiger partial charge in [-0.3, -0.25) is 0 Å². The summed E-state index contributed by atoms with van der Waals surface area (Å²) in [4.78, 5) is 8.16. The van der Waals surface area contributed by atoms with Crippen molar-refractivity contribution in [3.05, 3.63) is 35.5 Å². The molecule has 0 radical (unpaired) electrons. The Morgan fingerprint density at radius 3 is 2.60 bits per heavy atom. The van der Waals surface area contributed by atoms with Crippen LogP contribution in [0.2, 0.25) is 0 Å². The molecule has 106 valence electrons. The maximum Gasteiger partial charge on any atom is 0.222 e. The molecule has 20 heavy (non-hydrogen) atoms. The lowest BCUT2D eigenvalue weighted by Gasteiger charge is -2.12. The van der Waals surface area contributed by atoms with Crippen molar-refractivity contribution in [1.82, 2.24) is 9.97 Å². The molecular weight excluding hydrogens is 256 g/mol. The first kappa shape index (κ1) is 13.9. The van der Waals surface area contributed by atoms with Crippen molar-refractivity contribution >= 4 is 11.8 Å². The van der Waals surface area contributed by atoms with Crippen LogP contribution in [0.3, 0.4) is 0 Å². The summed E-state index contributed by atoms with van der Waals surface area (Å²) in [6.07, 6.45) is 0. The number of ether oxygens (including phenoxy) is 2.